The Morgan fingerprint density at radius 2 is 1.56 bits per heavy atom. The second-order valence-corrected chi connectivity index (χ2v) is 7.37. The van der Waals surface area contributed by atoms with E-state index in [0.29, 0.717) is 24.9 Å². The number of hydrogen-bond donors (Lipinski definition) is 1. The van der Waals surface area contributed by atoms with Gasteiger partial charge in [0.25, 0.3) is 0 Å². The van der Waals surface area contributed by atoms with Crippen LogP contribution in [0.2, 0.25) is 0 Å². The third-order valence-corrected chi connectivity index (χ3v) is 5.23. The first-order chi connectivity index (χ1) is 15.3. The van der Waals surface area contributed by atoms with E-state index >= 15 is 0 Å². The van der Waals surface area contributed by atoms with Gasteiger partial charge in [0.2, 0.25) is 5.91 Å². The Bertz CT molecular complexity index is 1020. The molecule has 7 heteroatoms. The summed E-state index contributed by atoms with van der Waals surface area (Å²) in [5.41, 5.74) is 1.04. The number of hydrogen-bond acceptors (Lipinski definition) is 2. The fraction of sp³-hybridized carbons (Fsp3) is 0.240. The molecule has 0 fully saturated rings. The summed E-state index contributed by atoms with van der Waals surface area (Å²) in [5.74, 6) is -0.735. The van der Waals surface area contributed by atoms with E-state index in [4.69, 9.17) is 0 Å². The average molecular weight is 444 g/mol. The number of benzene rings is 3. The van der Waals surface area contributed by atoms with Crippen LogP contribution in [0.3, 0.4) is 0 Å². The van der Waals surface area contributed by atoms with E-state index in [9.17, 15) is 22.4 Å². The lowest BCUT2D eigenvalue weighted by Crippen LogP contribution is -2.40. The third kappa shape index (κ3) is 5.66. The summed E-state index contributed by atoms with van der Waals surface area (Å²) in [6.07, 6.45) is -3.38. The lowest BCUT2D eigenvalue weighted by atomic mass is 10.0. The minimum Gasteiger partial charge on any atom is -0.357 e. The highest BCUT2D eigenvalue weighted by Gasteiger charge is 2.30. The van der Waals surface area contributed by atoms with Crippen molar-refractivity contribution < 1.29 is 22.4 Å². The van der Waals surface area contributed by atoms with Gasteiger partial charge in [-0.05, 0) is 48.2 Å². The van der Waals surface area contributed by atoms with Gasteiger partial charge in [0.1, 0.15) is 11.9 Å². The molecule has 0 aliphatic carbocycles. The van der Waals surface area contributed by atoms with Crippen LogP contribution < -0.4 is 10.2 Å². The standard InChI is InChI=1S/C25H24F4N2O/c1-30-24(32)23(19-9-3-2-4-10-19)31(22-12-6-5-11-21(22)26)17-7-8-18-13-15-20(16-14-18)25(27,28)29/h2-6,9-16,23H,7-8,17H2,1H3,(H,30,32). The normalized spacial score (nSPS) is 12.3. The summed E-state index contributed by atoms with van der Waals surface area (Å²) in [6.45, 7) is 0.328. The van der Waals surface area contributed by atoms with Gasteiger partial charge in [-0.15, -0.1) is 0 Å². The molecule has 1 N–H and O–H groups in total. The minimum atomic E-state index is -4.38. The molecule has 0 saturated carbocycles. The monoisotopic (exact) mass is 444 g/mol. The van der Waals surface area contributed by atoms with Crippen LogP contribution in [0.1, 0.15) is 29.2 Å². The predicted octanol–water partition coefficient (Wildman–Crippen LogP) is 5.77. The van der Waals surface area contributed by atoms with Crippen LogP contribution >= 0.6 is 0 Å². The Morgan fingerprint density at radius 1 is 0.938 bits per heavy atom. The molecule has 0 bridgehead atoms. The van der Waals surface area contributed by atoms with Gasteiger partial charge >= 0.3 is 6.18 Å². The molecule has 0 spiro atoms. The van der Waals surface area contributed by atoms with Gasteiger partial charge in [-0.2, -0.15) is 13.2 Å². The number of nitrogens with zero attached hydrogens (tertiary/aromatic N) is 1. The Balaban J connectivity index is 1.85. The van der Waals surface area contributed by atoms with E-state index < -0.39 is 23.6 Å². The number of alkyl halides is 3. The zero-order chi connectivity index (χ0) is 23.1. The molecule has 3 aromatic carbocycles. The molecule has 0 aliphatic rings. The van der Waals surface area contributed by atoms with Crippen molar-refractivity contribution in [3.63, 3.8) is 0 Å². The summed E-state index contributed by atoms with van der Waals surface area (Å²) < 4.78 is 53.1. The first kappa shape index (κ1) is 23.3. The number of carbonyl (C=O) groups is 1. The summed E-state index contributed by atoms with van der Waals surface area (Å²) in [7, 11) is 1.53. The maximum atomic E-state index is 14.7. The quantitative estimate of drug-likeness (QED) is 0.448. The molecule has 0 aromatic heterocycles. The summed E-state index contributed by atoms with van der Waals surface area (Å²) >= 11 is 0. The molecule has 0 radical (unpaired) electrons. The van der Waals surface area contributed by atoms with E-state index in [1.165, 1.54) is 25.2 Å². The molecule has 3 aromatic rings. The van der Waals surface area contributed by atoms with Crippen molar-refractivity contribution in [2.24, 2.45) is 0 Å². The Morgan fingerprint density at radius 3 is 2.16 bits per heavy atom. The maximum Gasteiger partial charge on any atom is 0.416 e. The highest BCUT2D eigenvalue weighted by molar-refractivity contribution is 5.86. The number of likely N-dealkylation sites (N-methyl/N-ethyl adjacent to an activating group) is 1. The lowest BCUT2D eigenvalue weighted by Gasteiger charge is -2.33. The Labute approximate surface area is 184 Å². The van der Waals surface area contributed by atoms with E-state index in [1.54, 1.807) is 23.1 Å². The van der Waals surface area contributed by atoms with Gasteiger partial charge in [-0.1, -0.05) is 54.6 Å². The molecule has 0 heterocycles. The minimum absolute atomic E-state index is 0.283. The number of nitrogens with one attached hydrogen (secondary N) is 1. The maximum absolute atomic E-state index is 14.7. The van der Waals surface area contributed by atoms with E-state index in [1.807, 2.05) is 30.3 Å². The highest BCUT2D eigenvalue weighted by Crippen LogP contribution is 2.31. The average Bonchev–Trinajstić information content (AvgIpc) is 2.79. The number of rotatable bonds is 8. The molecule has 1 unspecified atom stereocenters. The lowest BCUT2D eigenvalue weighted by molar-refractivity contribution is -0.137. The topological polar surface area (TPSA) is 32.3 Å². The number of anilines is 1. The third-order valence-electron chi connectivity index (χ3n) is 5.23. The summed E-state index contributed by atoms with van der Waals surface area (Å²) in [5, 5.41) is 2.65. The molecular formula is C25H24F4N2O. The van der Waals surface area contributed by atoms with Gasteiger partial charge < -0.3 is 10.2 Å². The van der Waals surface area contributed by atoms with Crippen molar-refractivity contribution >= 4 is 11.6 Å². The van der Waals surface area contributed by atoms with Crippen molar-refractivity contribution in [2.45, 2.75) is 25.1 Å². The molecule has 0 saturated heterocycles. The van der Waals surface area contributed by atoms with Crippen molar-refractivity contribution in [3.05, 3.63) is 101 Å². The predicted molar refractivity (Wildman–Crippen MR) is 117 cm³/mol. The van der Waals surface area contributed by atoms with Crippen LogP contribution in [0.4, 0.5) is 23.2 Å². The van der Waals surface area contributed by atoms with Crippen molar-refractivity contribution in [1.82, 2.24) is 5.32 Å². The molecule has 0 aliphatic heterocycles. The van der Waals surface area contributed by atoms with Gasteiger partial charge in [-0.3, -0.25) is 4.79 Å². The summed E-state index contributed by atoms with van der Waals surface area (Å²) in [6, 6.07) is 19.6. The van der Waals surface area contributed by atoms with Gasteiger partial charge in [0.15, 0.2) is 0 Å². The molecule has 3 rings (SSSR count). The second-order valence-electron chi connectivity index (χ2n) is 7.37. The first-order valence-electron chi connectivity index (χ1n) is 10.2. The highest BCUT2D eigenvalue weighted by atomic mass is 19.4. The van der Waals surface area contributed by atoms with Crippen molar-refractivity contribution in [2.75, 3.05) is 18.5 Å². The van der Waals surface area contributed by atoms with Crippen LogP contribution in [-0.2, 0) is 17.4 Å². The number of halogens is 4. The Hall–Kier alpha value is -3.35. The zero-order valence-electron chi connectivity index (χ0n) is 17.6. The van der Waals surface area contributed by atoms with Crippen LogP contribution in [0, 0.1) is 5.82 Å². The molecule has 1 amide bonds. The second kappa shape index (κ2) is 10.3. The van der Waals surface area contributed by atoms with Crippen molar-refractivity contribution in [1.29, 1.82) is 0 Å². The molecular weight excluding hydrogens is 420 g/mol. The van der Waals surface area contributed by atoms with Crippen molar-refractivity contribution in [3.8, 4) is 0 Å². The van der Waals surface area contributed by atoms with Crippen LogP contribution in [0.25, 0.3) is 0 Å². The molecule has 168 valence electrons. The molecule has 32 heavy (non-hydrogen) atoms. The molecule has 1 atom stereocenters. The smallest absolute Gasteiger partial charge is 0.357 e. The summed E-state index contributed by atoms with van der Waals surface area (Å²) in [4.78, 5) is 14.5. The van der Waals surface area contributed by atoms with Gasteiger partial charge in [-0.25, -0.2) is 4.39 Å². The zero-order valence-corrected chi connectivity index (χ0v) is 17.6. The van der Waals surface area contributed by atoms with Crippen LogP contribution in [0.5, 0.6) is 0 Å². The largest absolute Gasteiger partial charge is 0.416 e. The fourth-order valence-electron chi connectivity index (χ4n) is 3.63. The molecule has 3 nitrogen and oxygen atoms in total. The Kier molecular flexibility index (Phi) is 7.51. The van der Waals surface area contributed by atoms with Crippen LogP contribution in [0.15, 0.2) is 78.9 Å². The fourth-order valence-corrected chi connectivity index (χ4v) is 3.63. The van der Waals surface area contributed by atoms with Gasteiger partial charge in [0, 0.05) is 13.6 Å². The van der Waals surface area contributed by atoms with Gasteiger partial charge in [0.05, 0.1) is 11.3 Å². The number of para-hydroxylation sites is 1. The number of carbonyl (C=O) groups excluding carboxylic acids is 1. The van der Waals surface area contributed by atoms with E-state index in [2.05, 4.69) is 5.32 Å². The number of aryl methyl sites for hydroxylation is 1. The van der Waals surface area contributed by atoms with E-state index in [0.717, 1.165) is 17.7 Å². The number of amides is 1. The first-order valence-corrected chi connectivity index (χ1v) is 10.2. The van der Waals surface area contributed by atoms with Crippen LogP contribution in [-0.4, -0.2) is 19.5 Å². The van der Waals surface area contributed by atoms with E-state index in [-0.39, 0.29) is 11.6 Å². The SMILES string of the molecule is CNC(=O)C(c1ccccc1)N(CCCc1ccc(C(F)(F)F)cc1)c1ccccc1F.